The second kappa shape index (κ2) is 18.1. The molecule has 10 nitrogen and oxygen atoms in total. The van der Waals surface area contributed by atoms with E-state index in [1.165, 1.54) is 30.5 Å². The molecule has 0 unspecified atom stereocenters. The minimum atomic E-state index is -0.246. The average molecular weight is 1440 g/mol. The zero-order chi connectivity index (χ0) is 50.2. The number of nitrogens with zero attached hydrogens (tertiary/aromatic N) is 10. The summed E-state index contributed by atoms with van der Waals surface area (Å²) in [6.07, 6.45) is 3.91. The Kier molecular flexibility index (Phi) is 11.3. The predicted molar refractivity (Wildman–Crippen MR) is 308 cm³/mol. The van der Waals surface area contributed by atoms with Gasteiger partial charge in [-0.1, -0.05) is 81.8 Å². The van der Waals surface area contributed by atoms with Gasteiger partial charge in [-0.2, -0.15) is 0 Å². The van der Waals surface area contributed by atoms with Crippen molar-refractivity contribution in [2.24, 2.45) is 28.2 Å². The Hall–Kier alpha value is -6.37. The van der Waals surface area contributed by atoms with Crippen molar-refractivity contribution in [2.75, 3.05) is 0 Å². The first-order chi connectivity index (χ1) is 37.3. The summed E-state index contributed by atoms with van der Waals surface area (Å²) < 4.78 is 8.66. The molecule has 6 aromatic heterocycles. The summed E-state index contributed by atoms with van der Waals surface area (Å²) in [6.45, 7) is -0.492. The van der Waals surface area contributed by atoms with E-state index in [1.54, 1.807) is 23.5 Å². The number of hydrogen-bond acceptors (Lipinski definition) is 10. The van der Waals surface area contributed by atoms with Crippen molar-refractivity contribution in [3.63, 3.8) is 0 Å². The number of para-hydroxylation sites is 8. The first kappa shape index (κ1) is 48.7. The van der Waals surface area contributed by atoms with Crippen LogP contribution in [0.25, 0.3) is 89.7 Å². The Morgan fingerprint density at radius 3 is 1.01 bits per heavy atom. The van der Waals surface area contributed by atoms with Crippen LogP contribution in [0.4, 0.5) is 0 Å². The minimum Gasteiger partial charge on any atom is -0.367 e. The minimum absolute atomic E-state index is 0. The Balaban J connectivity index is 0.00000264. The smallest absolute Gasteiger partial charge is 0.367 e. The fourth-order valence-electron chi connectivity index (χ4n) is 11.9. The monoisotopic (exact) mass is 1430 g/mol. The molecule has 0 saturated heterocycles. The summed E-state index contributed by atoms with van der Waals surface area (Å²) in [6, 6.07) is 58.2. The summed E-state index contributed by atoms with van der Waals surface area (Å²) in [5, 5.41) is 1.83. The van der Waals surface area contributed by atoms with E-state index in [4.69, 9.17) is 29.9 Å². The molecule has 17 rings (SSSR count). The van der Waals surface area contributed by atoms with Gasteiger partial charge in [-0.25, -0.2) is 0 Å². The van der Waals surface area contributed by atoms with E-state index >= 15 is 0 Å². The van der Waals surface area contributed by atoms with Crippen molar-refractivity contribution in [1.82, 2.24) is 48.2 Å². The number of imidazole rings is 4. The topological polar surface area (TPSA) is 97.1 Å². The Labute approximate surface area is 494 Å². The third-order valence-electron chi connectivity index (χ3n) is 15.6. The maximum absolute atomic E-state index is 5.38. The summed E-state index contributed by atoms with van der Waals surface area (Å²) in [4.78, 5) is 38.6. The number of fused-ring (bicyclic) bond motifs is 14. The van der Waals surface area contributed by atoms with Crippen LogP contribution < -0.4 is 32.8 Å². The van der Waals surface area contributed by atoms with Crippen molar-refractivity contribution in [3.05, 3.63) is 158 Å². The molecule has 0 saturated carbocycles. The van der Waals surface area contributed by atoms with Gasteiger partial charge in [0.05, 0.1) is 67.4 Å². The van der Waals surface area contributed by atoms with Crippen LogP contribution in [0.2, 0.25) is 0 Å². The number of rotatable bonds is 4. The maximum Gasteiger partial charge on any atom is 2.00 e. The van der Waals surface area contributed by atoms with Crippen molar-refractivity contribution in [1.29, 1.82) is 0 Å². The van der Waals surface area contributed by atoms with E-state index in [2.05, 4.69) is 168 Å². The maximum atomic E-state index is 5.38. The molecule has 0 bridgehead atoms. The largest absolute Gasteiger partial charge is 2.00 e. The fourth-order valence-corrected chi connectivity index (χ4v) is 17.1. The third kappa shape index (κ3) is 6.92. The Morgan fingerprint density at radius 2 is 0.667 bits per heavy atom. The van der Waals surface area contributed by atoms with E-state index in [9.17, 15) is 0 Å². The Morgan fingerprint density at radius 1 is 0.359 bits per heavy atom. The fraction of sp³-hybridized carbons (Fsp3) is 0.0667. The molecule has 0 amide bonds. The number of aromatic nitrogens is 10. The summed E-state index contributed by atoms with van der Waals surface area (Å²) in [5.41, 5.74) is 18.4. The number of benzene rings is 7. The summed E-state index contributed by atoms with van der Waals surface area (Å²) >= 11 is 7.21. The van der Waals surface area contributed by atoms with Crippen LogP contribution >= 0.6 is 47.0 Å². The molecule has 18 heteroatoms. The van der Waals surface area contributed by atoms with Crippen LogP contribution in [0.1, 0.15) is 0 Å². The molecule has 0 fully saturated rings. The molecule has 7 aromatic carbocycles. The van der Waals surface area contributed by atoms with Crippen LogP contribution in [0, 0.1) is 24.3 Å². The third-order valence-corrected chi connectivity index (χ3v) is 20.5. The van der Waals surface area contributed by atoms with Gasteiger partial charge in [0.1, 0.15) is 0 Å². The zero-order valence-corrected chi connectivity index (χ0v) is 49.4. The molecule has 0 aliphatic carbocycles. The van der Waals surface area contributed by atoms with E-state index in [1.807, 2.05) is 60.2 Å². The van der Waals surface area contributed by atoms with Gasteiger partial charge >= 0.3 is 42.1 Å². The van der Waals surface area contributed by atoms with Gasteiger partial charge in [-0.15, -0.1) is 129 Å². The van der Waals surface area contributed by atoms with Crippen LogP contribution in [-0.2, 0) is 70.3 Å². The zero-order valence-electron chi connectivity index (χ0n) is 41.6. The van der Waals surface area contributed by atoms with Crippen molar-refractivity contribution >= 4 is 137 Å². The van der Waals surface area contributed by atoms with Crippen LogP contribution in [-0.4, -0.2) is 61.6 Å². The molecule has 0 spiro atoms. The quantitative estimate of drug-likeness (QED) is 0.126. The standard InChI is InChI=1S/C60H34B2N10S4.2Pt/c1-69-43-17-9-5-13-39(43)65-55(69)31-21-23-47-35(25-31)61-37-27-33(57-67-41-15-7-11-19-45(41)71(57)3)29-63-59(37)75-53-49(61)51(73-47)52-50-54(53)76-60-38(28-34(30-64-60)58-68-42-16-8-12-20-46(42)72(58)4)62(50)36-26-32(22-24-48(36)74-52)56-66-40-14-6-10-18-44(40)70(56)2;;/h5-24,29-30H,1-4H3;;/q-4;2*+2. The molecular formula is C60H34B2N10Pt2S4. The number of hydrogen-bond donors (Lipinski definition) is 0. The Bertz CT molecular complexity index is 4190. The van der Waals surface area contributed by atoms with Gasteiger partial charge in [0.2, 0.25) is 13.4 Å². The van der Waals surface area contributed by atoms with E-state index in [0.29, 0.717) is 0 Å². The molecule has 0 atom stereocenters. The molecule has 13 aromatic rings. The molecule has 4 aliphatic rings. The predicted octanol–water partition coefficient (Wildman–Crippen LogP) is 8.78. The van der Waals surface area contributed by atoms with Crippen LogP contribution in [0.15, 0.2) is 173 Å². The average Bonchev–Trinajstić information content (AvgIpc) is 3.71. The van der Waals surface area contributed by atoms with E-state index in [-0.39, 0.29) is 55.6 Å². The SMILES string of the molecule is Cn1c(-c2[c-]c3c(cc2)Sc2c4c5c(c6c2B3c2[c-]c(-c3nc7ccccc7n3C)cnc2S6)Sc2ncc(-c3nc6ccccc6n3C)[c-]c2B5c2[c-]c(-c3nc5ccccc5n3C)ccc2S4)nc2ccccc21.[Pt+2].[Pt+2]. The van der Waals surface area contributed by atoms with Gasteiger partial charge < -0.3 is 28.2 Å². The number of aryl methyl sites for hydroxylation is 4. The van der Waals surface area contributed by atoms with Gasteiger partial charge in [-0.05, 0) is 59.5 Å². The second-order valence-corrected chi connectivity index (χ2v) is 23.8. The normalized spacial score (nSPS) is 13.4. The van der Waals surface area contributed by atoms with Crippen molar-refractivity contribution < 1.29 is 42.1 Å². The van der Waals surface area contributed by atoms with Crippen LogP contribution in [0.3, 0.4) is 0 Å². The molecule has 0 N–H and O–H groups in total. The van der Waals surface area contributed by atoms with Crippen molar-refractivity contribution in [2.45, 2.75) is 39.4 Å². The first-order valence-corrected chi connectivity index (χ1v) is 28.2. The van der Waals surface area contributed by atoms with E-state index < -0.39 is 0 Å². The first-order valence-electron chi connectivity index (χ1n) is 24.9. The van der Waals surface area contributed by atoms with E-state index in [0.717, 1.165) is 131 Å². The van der Waals surface area contributed by atoms with Crippen LogP contribution in [0.5, 0.6) is 0 Å². The molecule has 374 valence electrons. The molecule has 10 heterocycles. The second-order valence-electron chi connectivity index (χ2n) is 19.7. The van der Waals surface area contributed by atoms with Crippen molar-refractivity contribution in [3.8, 4) is 45.6 Å². The number of pyridine rings is 2. The molecule has 0 radical (unpaired) electrons. The van der Waals surface area contributed by atoms with Gasteiger partial charge in [0.25, 0.3) is 0 Å². The summed E-state index contributed by atoms with van der Waals surface area (Å²) in [5.74, 6) is 3.40. The molecule has 4 aliphatic heterocycles. The van der Waals surface area contributed by atoms with Gasteiger partial charge in [0.15, 0.2) is 0 Å². The van der Waals surface area contributed by atoms with Gasteiger partial charge in [0, 0.05) is 57.8 Å². The van der Waals surface area contributed by atoms with Gasteiger partial charge in [-0.3, -0.25) is 19.9 Å². The summed E-state index contributed by atoms with van der Waals surface area (Å²) in [7, 11) is 8.34. The molecular weight excluding hydrogens is 1400 g/mol. The molecule has 78 heavy (non-hydrogen) atoms.